The average molecular weight is 467 g/mol. The van der Waals surface area contributed by atoms with Crippen LogP contribution >= 0.6 is 23.2 Å². The topological polar surface area (TPSA) is 69.0 Å². The minimum Gasteiger partial charge on any atom is -0.463 e. The van der Waals surface area contributed by atoms with Crippen LogP contribution in [0.1, 0.15) is 22.8 Å². The Hall–Kier alpha value is -3.35. The summed E-state index contributed by atoms with van der Waals surface area (Å²) in [6.45, 7) is 4.27. The van der Waals surface area contributed by atoms with Gasteiger partial charge in [0, 0.05) is 16.8 Å². The summed E-state index contributed by atoms with van der Waals surface area (Å²) in [5.41, 5.74) is 3.73. The first-order valence-electron chi connectivity index (χ1n) is 9.98. The predicted molar refractivity (Wildman–Crippen MR) is 127 cm³/mol. The number of hydrogen-bond donors (Lipinski definition) is 1. The Bertz CT molecular complexity index is 1270. The summed E-state index contributed by atoms with van der Waals surface area (Å²) in [7, 11) is 0. The number of ether oxygens (including phenoxy) is 1. The maximum Gasteiger partial charge on any atom is 0.336 e. The van der Waals surface area contributed by atoms with Crippen LogP contribution in [0.25, 0.3) is 17.1 Å². The van der Waals surface area contributed by atoms with Gasteiger partial charge in [-0.05, 0) is 62.4 Å². The van der Waals surface area contributed by atoms with Crippen LogP contribution in [0.5, 0.6) is 6.01 Å². The Labute approximate surface area is 195 Å². The molecule has 0 atom stereocenters. The SMILES string of the molecule is CCOc1nc(-c2ccc(Cl)c(Cl)c2)n(-c2cccc(NC(=O)c3ccc(C)cc3)c2)n1. The van der Waals surface area contributed by atoms with Crippen LogP contribution in [0.2, 0.25) is 10.0 Å². The van der Waals surface area contributed by atoms with Gasteiger partial charge in [0.2, 0.25) is 0 Å². The van der Waals surface area contributed by atoms with Gasteiger partial charge in [-0.15, -0.1) is 5.10 Å². The van der Waals surface area contributed by atoms with Gasteiger partial charge in [0.15, 0.2) is 5.82 Å². The lowest BCUT2D eigenvalue weighted by Gasteiger charge is -2.10. The molecule has 0 saturated carbocycles. The van der Waals surface area contributed by atoms with Gasteiger partial charge in [-0.3, -0.25) is 4.79 Å². The zero-order chi connectivity index (χ0) is 22.7. The molecule has 1 heterocycles. The molecule has 0 fully saturated rings. The third-order valence-electron chi connectivity index (χ3n) is 4.70. The van der Waals surface area contributed by atoms with Crippen LogP contribution in [-0.4, -0.2) is 27.3 Å². The Morgan fingerprint density at radius 1 is 1.03 bits per heavy atom. The molecule has 8 heteroatoms. The smallest absolute Gasteiger partial charge is 0.336 e. The van der Waals surface area contributed by atoms with E-state index in [1.807, 2.05) is 56.3 Å². The largest absolute Gasteiger partial charge is 0.463 e. The highest BCUT2D eigenvalue weighted by atomic mass is 35.5. The number of amides is 1. The second kappa shape index (κ2) is 9.42. The minimum atomic E-state index is -0.194. The van der Waals surface area contributed by atoms with Crippen LogP contribution in [-0.2, 0) is 0 Å². The van der Waals surface area contributed by atoms with Gasteiger partial charge in [-0.2, -0.15) is 4.98 Å². The predicted octanol–water partition coefficient (Wildman–Crippen LogP) is 6.20. The van der Waals surface area contributed by atoms with E-state index in [0.29, 0.717) is 39.4 Å². The first kappa shape index (κ1) is 21.9. The van der Waals surface area contributed by atoms with E-state index in [4.69, 9.17) is 27.9 Å². The number of hydrogen-bond acceptors (Lipinski definition) is 4. The van der Waals surface area contributed by atoms with Crippen molar-refractivity contribution in [1.82, 2.24) is 14.8 Å². The van der Waals surface area contributed by atoms with Crippen LogP contribution in [0.4, 0.5) is 5.69 Å². The van der Waals surface area contributed by atoms with Crippen molar-refractivity contribution in [1.29, 1.82) is 0 Å². The van der Waals surface area contributed by atoms with Crippen molar-refractivity contribution in [3.63, 3.8) is 0 Å². The Morgan fingerprint density at radius 2 is 1.81 bits per heavy atom. The minimum absolute atomic E-state index is 0.194. The molecule has 0 aliphatic carbocycles. The summed E-state index contributed by atoms with van der Waals surface area (Å²) in [6, 6.07) is 20.2. The van der Waals surface area contributed by atoms with Crippen molar-refractivity contribution in [2.45, 2.75) is 13.8 Å². The molecule has 0 aliphatic rings. The number of nitrogens with zero attached hydrogens (tertiary/aromatic N) is 3. The molecule has 4 aromatic rings. The van der Waals surface area contributed by atoms with Crippen molar-refractivity contribution >= 4 is 34.8 Å². The number of carbonyl (C=O) groups is 1. The van der Waals surface area contributed by atoms with E-state index >= 15 is 0 Å². The van der Waals surface area contributed by atoms with Gasteiger partial charge in [-0.1, -0.05) is 47.0 Å². The number of carbonyl (C=O) groups excluding carboxylic acids is 1. The molecular formula is C24H20Cl2N4O2. The number of nitrogens with one attached hydrogen (secondary N) is 1. The number of aryl methyl sites for hydroxylation is 1. The van der Waals surface area contributed by atoms with Crippen molar-refractivity contribution < 1.29 is 9.53 Å². The number of rotatable bonds is 6. The van der Waals surface area contributed by atoms with E-state index in [1.165, 1.54) is 0 Å². The number of anilines is 1. The van der Waals surface area contributed by atoms with Crippen LogP contribution in [0.3, 0.4) is 0 Å². The molecule has 1 aromatic heterocycles. The van der Waals surface area contributed by atoms with Gasteiger partial charge in [-0.25, -0.2) is 4.68 Å². The molecule has 0 saturated heterocycles. The molecule has 32 heavy (non-hydrogen) atoms. The van der Waals surface area contributed by atoms with E-state index in [2.05, 4.69) is 15.4 Å². The lowest BCUT2D eigenvalue weighted by atomic mass is 10.1. The van der Waals surface area contributed by atoms with Crippen LogP contribution < -0.4 is 10.1 Å². The monoisotopic (exact) mass is 466 g/mol. The number of aromatic nitrogens is 3. The second-order valence-corrected chi connectivity index (χ2v) is 7.88. The van der Waals surface area contributed by atoms with E-state index in [9.17, 15) is 4.79 Å². The molecule has 1 amide bonds. The molecule has 3 aromatic carbocycles. The zero-order valence-electron chi connectivity index (χ0n) is 17.5. The van der Waals surface area contributed by atoms with Gasteiger partial charge < -0.3 is 10.1 Å². The fraction of sp³-hybridized carbons (Fsp3) is 0.125. The highest BCUT2D eigenvalue weighted by Crippen LogP contribution is 2.30. The van der Waals surface area contributed by atoms with Crippen LogP contribution in [0.15, 0.2) is 66.7 Å². The molecular weight excluding hydrogens is 447 g/mol. The van der Waals surface area contributed by atoms with Crippen molar-refractivity contribution in [2.24, 2.45) is 0 Å². The lowest BCUT2D eigenvalue weighted by Crippen LogP contribution is -2.12. The molecule has 0 spiro atoms. The standard InChI is InChI=1S/C24H20Cl2N4O2/c1-3-32-24-28-22(17-11-12-20(25)21(26)13-17)30(29-24)19-6-4-5-18(14-19)27-23(31)16-9-7-15(2)8-10-16/h4-14H,3H2,1-2H3,(H,27,31). The number of benzene rings is 3. The summed E-state index contributed by atoms with van der Waals surface area (Å²) in [5.74, 6) is 0.342. The van der Waals surface area contributed by atoms with E-state index in [0.717, 1.165) is 11.1 Å². The highest BCUT2D eigenvalue weighted by Gasteiger charge is 2.16. The maximum atomic E-state index is 12.6. The molecule has 0 aliphatic heterocycles. The molecule has 0 radical (unpaired) electrons. The number of halogens is 2. The molecule has 162 valence electrons. The fourth-order valence-corrected chi connectivity index (χ4v) is 3.41. The highest BCUT2D eigenvalue weighted by molar-refractivity contribution is 6.42. The van der Waals surface area contributed by atoms with Crippen molar-refractivity contribution in [3.8, 4) is 23.1 Å². The molecule has 0 unspecified atom stereocenters. The first-order valence-corrected chi connectivity index (χ1v) is 10.7. The Morgan fingerprint density at radius 3 is 2.53 bits per heavy atom. The quantitative estimate of drug-likeness (QED) is 0.367. The van der Waals surface area contributed by atoms with Gasteiger partial charge in [0.25, 0.3) is 5.91 Å². The first-order chi connectivity index (χ1) is 15.4. The lowest BCUT2D eigenvalue weighted by molar-refractivity contribution is 0.102. The van der Waals surface area contributed by atoms with E-state index in [1.54, 1.807) is 28.9 Å². The summed E-state index contributed by atoms with van der Waals surface area (Å²) in [5, 5.41) is 8.27. The molecule has 6 nitrogen and oxygen atoms in total. The van der Waals surface area contributed by atoms with E-state index < -0.39 is 0 Å². The zero-order valence-corrected chi connectivity index (χ0v) is 19.0. The van der Waals surface area contributed by atoms with Gasteiger partial charge >= 0.3 is 6.01 Å². The summed E-state index contributed by atoms with van der Waals surface area (Å²) in [6.07, 6.45) is 0. The molecule has 1 N–H and O–H groups in total. The summed E-state index contributed by atoms with van der Waals surface area (Å²) >= 11 is 12.3. The Kier molecular flexibility index (Phi) is 6.44. The molecule has 0 bridgehead atoms. The third kappa shape index (κ3) is 4.77. The van der Waals surface area contributed by atoms with Crippen molar-refractivity contribution in [2.75, 3.05) is 11.9 Å². The normalized spacial score (nSPS) is 10.8. The Balaban J connectivity index is 1.69. The molecule has 4 rings (SSSR count). The summed E-state index contributed by atoms with van der Waals surface area (Å²) in [4.78, 5) is 17.1. The fourth-order valence-electron chi connectivity index (χ4n) is 3.11. The maximum absolute atomic E-state index is 12.6. The third-order valence-corrected chi connectivity index (χ3v) is 5.44. The van der Waals surface area contributed by atoms with Crippen molar-refractivity contribution in [3.05, 3.63) is 87.9 Å². The van der Waals surface area contributed by atoms with E-state index in [-0.39, 0.29) is 11.9 Å². The van der Waals surface area contributed by atoms with Gasteiger partial charge in [0.1, 0.15) is 0 Å². The average Bonchev–Trinajstić information content (AvgIpc) is 3.20. The van der Waals surface area contributed by atoms with Crippen LogP contribution in [0, 0.1) is 6.92 Å². The summed E-state index contributed by atoms with van der Waals surface area (Å²) < 4.78 is 7.16. The second-order valence-electron chi connectivity index (χ2n) is 7.06. The van der Waals surface area contributed by atoms with Gasteiger partial charge in [0.05, 0.1) is 22.3 Å².